The number of nitrogens with one attached hydrogen (secondary N) is 1. The molecule has 0 heterocycles. The Bertz CT molecular complexity index is 1190. The first-order valence-electron chi connectivity index (χ1n) is 13.1. The molecule has 8 nitrogen and oxygen atoms in total. The van der Waals surface area contributed by atoms with E-state index in [1.165, 1.54) is 17.5 Å². The van der Waals surface area contributed by atoms with Crippen molar-refractivity contribution < 1.29 is 22.7 Å². The van der Waals surface area contributed by atoms with Crippen molar-refractivity contribution in [3.8, 4) is 5.75 Å². The summed E-state index contributed by atoms with van der Waals surface area (Å²) in [4.78, 5) is 28.4. The zero-order chi connectivity index (χ0) is 27.7. The van der Waals surface area contributed by atoms with E-state index < -0.39 is 16.1 Å². The second-order valence-corrected chi connectivity index (χ2v) is 12.0. The Morgan fingerprint density at radius 1 is 1.13 bits per heavy atom. The Morgan fingerprint density at radius 3 is 2.39 bits per heavy atom. The van der Waals surface area contributed by atoms with Crippen LogP contribution in [0.5, 0.6) is 5.75 Å². The summed E-state index contributed by atoms with van der Waals surface area (Å²) in [7, 11) is -2.14. The minimum absolute atomic E-state index is 0.0932. The SMILES string of the molecule is CC[C@H](C(=O)NC1CCCC1)N(Cc1ccccc1)C(=O)CCCN(c1ccc(OC)c(Cl)c1)S(C)(=O)=O. The van der Waals surface area contributed by atoms with E-state index in [0.717, 1.165) is 37.5 Å². The number of amides is 2. The summed E-state index contributed by atoms with van der Waals surface area (Å²) in [6.07, 6.45) is 6.11. The largest absolute Gasteiger partial charge is 0.495 e. The lowest BCUT2D eigenvalue weighted by Crippen LogP contribution is -2.51. The Hall–Kier alpha value is -2.78. The van der Waals surface area contributed by atoms with Gasteiger partial charge in [0.1, 0.15) is 11.8 Å². The summed E-state index contributed by atoms with van der Waals surface area (Å²) in [5, 5.41) is 3.43. The molecule has 0 aliphatic heterocycles. The molecule has 0 spiro atoms. The number of anilines is 1. The minimum Gasteiger partial charge on any atom is -0.495 e. The van der Waals surface area contributed by atoms with Crippen LogP contribution in [0.25, 0.3) is 0 Å². The number of ether oxygens (including phenoxy) is 1. The van der Waals surface area contributed by atoms with Crippen LogP contribution in [-0.2, 0) is 26.2 Å². The van der Waals surface area contributed by atoms with Gasteiger partial charge >= 0.3 is 0 Å². The van der Waals surface area contributed by atoms with Crippen molar-refractivity contribution in [1.29, 1.82) is 0 Å². The normalized spacial score (nSPS) is 14.6. The standard InChI is InChI=1S/C28H38ClN3O5S/c1-4-25(28(34)30-22-13-8-9-14-22)31(20-21-11-6-5-7-12-21)27(33)15-10-18-32(38(3,35)36)23-16-17-26(37-2)24(29)19-23/h5-7,11-12,16-17,19,22,25H,4,8-10,13-15,18,20H2,1-3H3,(H,30,34)/t25-/m1/s1. The maximum atomic E-state index is 13.5. The summed E-state index contributed by atoms with van der Waals surface area (Å²) in [6.45, 7) is 2.31. The number of carbonyl (C=O) groups excluding carboxylic acids is 2. The molecule has 3 rings (SSSR count). The number of nitrogens with zero attached hydrogens (tertiary/aromatic N) is 2. The van der Waals surface area contributed by atoms with Gasteiger partial charge in [-0.05, 0) is 49.4 Å². The predicted octanol–water partition coefficient (Wildman–Crippen LogP) is 4.76. The molecule has 38 heavy (non-hydrogen) atoms. The molecular weight excluding hydrogens is 526 g/mol. The van der Waals surface area contributed by atoms with Gasteiger partial charge in [-0.3, -0.25) is 13.9 Å². The molecule has 0 saturated heterocycles. The highest BCUT2D eigenvalue weighted by Gasteiger charge is 2.30. The second kappa shape index (κ2) is 13.8. The van der Waals surface area contributed by atoms with Crippen molar-refractivity contribution in [3.05, 3.63) is 59.1 Å². The zero-order valence-corrected chi connectivity index (χ0v) is 23.9. The van der Waals surface area contributed by atoms with Gasteiger partial charge in [0.2, 0.25) is 21.8 Å². The number of carbonyl (C=O) groups is 2. The van der Waals surface area contributed by atoms with E-state index >= 15 is 0 Å². The van der Waals surface area contributed by atoms with Crippen LogP contribution >= 0.6 is 11.6 Å². The van der Waals surface area contributed by atoms with E-state index in [1.54, 1.807) is 17.0 Å². The first-order valence-corrected chi connectivity index (χ1v) is 15.3. The fourth-order valence-corrected chi connectivity index (χ4v) is 6.09. The van der Waals surface area contributed by atoms with Crippen LogP contribution in [0.1, 0.15) is 57.4 Å². The molecule has 0 unspecified atom stereocenters. The van der Waals surface area contributed by atoms with Gasteiger partial charge in [0.25, 0.3) is 0 Å². The van der Waals surface area contributed by atoms with Gasteiger partial charge in [0.05, 0.1) is 24.1 Å². The van der Waals surface area contributed by atoms with Gasteiger partial charge in [0.15, 0.2) is 0 Å². The average molecular weight is 564 g/mol. The van der Waals surface area contributed by atoms with Crippen LogP contribution in [0.3, 0.4) is 0 Å². The molecule has 1 aliphatic carbocycles. The lowest BCUT2D eigenvalue weighted by molar-refractivity contribution is -0.141. The van der Waals surface area contributed by atoms with Crippen LogP contribution in [0.2, 0.25) is 5.02 Å². The van der Waals surface area contributed by atoms with E-state index in [9.17, 15) is 18.0 Å². The molecule has 0 radical (unpaired) electrons. The summed E-state index contributed by atoms with van der Waals surface area (Å²) >= 11 is 6.22. The molecular formula is C28H38ClN3O5S. The van der Waals surface area contributed by atoms with Crippen LogP contribution in [0.4, 0.5) is 5.69 Å². The fraction of sp³-hybridized carbons (Fsp3) is 0.500. The summed E-state index contributed by atoms with van der Waals surface area (Å²) < 4.78 is 31.5. The monoisotopic (exact) mass is 563 g/mol. The van der Waals surface area contributed by atoms with Crippen molar-refractivity contribution in [2.75, 3.05) is 24.2 Å². The number of hydrogen-bond donors (Lipinski definition) is 1. The molecule has 2 amide bonds. The Labute approximate surface area is 231 Å². The maximum absolute atomic E-state index is 13.5. The summed E-state index contributed by atoms with van der Waals surface area (Å²) in [5.41, 5.74) is 1.33. The molecule has 0 bridgehead atoms. The lowest BCUT2D eigenvalue weighted by Gasteiger charge is -2.32. The van der Waals surface area contributed by atoms with Crippen LogP contribution < -0.4 is 14.4 Å². The minimum atomic E-state index is -3.62. The molecule has 2 aromatic rings. The Morgan fingerprint density at radius 2 is 1.82 bits per heavy atom. The van der Waals surface area contributed by atoms with Crippen LogP contribution in [0, 0.1) is 0 Å². The van der Waals surface area contributed by atoms with Crippen molar-refractivity contribution in [1.82, 2.24) is 10.2 Å². The van der Waals surface area contributed by atoms with Gasteiger partial charge in [-0.1, -0.05) is 61.7 Å². The van der Waals surface area contributed by atoms with Crippen LogP contribution in [0.15, 0.2) is 48.5 Å². The Balaban J connectivity index is 1.74. The van der Waals surface area contributed by atoms with Crippen LogP contribution in [-0.4, -0.2) is 57.1 Å². The third-order valence-corrected chi connectivity index (χ3v) is 8.35. The summed E-state index contributed by atoms with van der Waals surface area (Å²) in [5.74, 6) is 0.120. The zero-order valence-electron chi connectivity index (χ0n) is 22.4. The van der Waals surface area contributed by atoms with Gasteiger partial charge in [-0.25, -0.2) is 8.42 Å². The van der Waals surface area contributed by atoms with Gasteiger partial charge in [-0.15, -0.1) is 0 Å². The molecule has 0 aromatic heterocycles. The fourth-order valence-electron chi connectivity index (χ4n) is 4.88. The van der Waals surface area contributed by atoms with Gasteiger partial charge in [-0.2, -0.15) is 0 Å². The molecule has 10 heteroatoms. The van der Waals surface area contributed by atoms with E-state index in [4.69, 9.17) is 16.3 Å². The Kier molecular flexibility index (Phi) is 10.8. The number of halogens is 1. The molecule has 1 fully saturated rings. The number of hydrogen-bond acceptors (Lipinski definition) is 5. The lowest BCUT2D eigenvalue weighted by atomic mass is 10.1. The predicted molar refractivity (Wildman–Crippen MR) is 151 cm³/mol. The smallest absolute Gasteiger partial charge is 0.243 e. The summed E-state index contributed by atoms with van der Waals surface area (Å²) in [6, 6.07) is 13.9. The highest BCUT2D eigenvalue weighted by atomic mass is 35.5. The van der Waals surface area contributed by atoms with Gasteiger partial charge < -0.3 is 15.0 Å². The molecule has 1 aliphatic rings. The highest BCUT2D eigenvalue weighted by molar-refractivity contribution is 7.92. The van der Waals surface area contributed by atoms with Crippen molar-refractivity contribution in [3.63, 3.8) is 0 Å². The van der Waals surface area contributed by atoms with E-state index in [-0.39, 0.29) is 37.2 Å². The first kappa shape index (κ1) is 29.8. The molecule has 1 atom stereocenters. The quantitative estimate of drug-likeness (QED) is 0.379. The third kappa shape index (κ3) is 8.11. The number of rotatable bonds is 13. The second-order valence-electron chi connectivity index (χ2n) is 9.68. The number of benzene rings is 2. The number of methoxy groups -OCH3 is 1. The molecule has 1 N–H and O–H groups in total. The number of sulfonamides is 1. The van der Waals surface area contributed by atoms with E-state index in [0.29, 0.717) is 29.4 Å². The van der Waals surface area contributed by atoms with Crippen molar-refractivity contribution >= 4 is 39.1 Å². The topological polar surface area (TPSA) is 96.0 Å². The highest BCUT2D eigenvalue weighted by Crippen LogP contribution is 2.30. The van der Waals surface area contributed by atoms with Crippen molar-refractivity contribution in [2.24, 2.45) is 0 Å². The molecule has 208 valence electrons. The van der Waals surface area contributed by atoms with Crippen molar-refractivity contribution in [2.45, 2.75) is 70.5 Å². The average Bonchev–Trinajstić information content (AvgIpc) is 3.39. The molecule has 1 saturated carbocycles. The first-order chi connectivity index (χ1) is 18.1. The third-order valence-electron chi connectivity index (χ3n) is 6.86. The maximum Gasteiger partial charge on any atom is 0.243 e. The van der Waals surface area contributed by atoms with E-state index in [1.807, 2.05) is 37.3 Å². The van der Waals surface area contributed by atoms with E-state index in [2.05, 4.69) is 5.32 Å². The molecule has 2 aromatic carbocycles. The van der Waals surface area contributed by atoms with Gasteiger partial charge in [0, 0.05) is 25.6 Å².